The summed E-state index contributed by atoms with van der Waals surface area (Å²) in [4.78, 5) is 2.69. The monoisotopic (exact) mass is 254 g/mol. The van der Waals surface area contributed by atoms with E-state index in [9.17, 15) is 0 Å². The molecule has 106 valence electrons. The van der Waals surface area contributed by atoms with Gasteiger partial charge in [0, 0.05) is 25.7 Å². The van der Waals surface area contributed by atoms with Crippen molar-refractivity contribution >= 4 is 0 Å². The Morgan fingerprint density at radius 1 is 1.39 bits per heavy atom. The minimum atomic E-state index is 0.380. The highest BCUT2D eigenvalue weighted by Crippen LogP contribution is 2.40. The van der Waals surface area contributed by atoms with Gasteiger partial charge in [0.2, 0.25) is 0 Å². The van der Waals surface area contributed by atoms with Crippen molar-refractivity contribution in [1.29, 1.82) is 0 Å². The molecule has 0 radical (unpaired) electrons. The molecule has 1 saturated carbocycles. The summed E-state index contributed by atoms with van der Waals surface area (Å²) in [5.74, 6) is 0.821. The number of nitrogens with one attached hydrogen (secondary N) is 1. The van der Waals surface area contributed by atoms with E-state index < -0.39 is 0 Å². The van der Waals surface area contributed by atoms with E-state index in [1.807, 2.05) is 7.05 Å². The molecular weight excluding hydrogens is 224 g/mol. The summed E-state index contributed by atoms with van der Waals surface area (Å²) in [6.07, 6.45) is 4.48. The Labute approximate surface area is 112 Å². The molecule has 0 aromatic carbocycles. The van der Waals surface area contributed by atoms with Crippen molar-refractivity contribution in [2.24, 2.45) is 11.3 Å². The molecule has 2 rings (SSSR count). The standard InChI is InChI=1S/C15H30N2O/c1-12-9-15(2,3)6-5-14(12)17-7-8-18-13(11-17)10-16-4/h12-14,16H,5-11H2,1-4H3. The Bertz CT molecular complexity index is 265. The normalized spacial score (nSPS) is 37.7. The minimum absolute atomic E-state index is 0.380. The Balaban J connectivity index is 1.91. The molecule has 1 N–H and O–H groups in total. The van der Waals surface area contributed by atoms with E-state index in [1.165, 1.54) is 19.3 Å². The van der Waals surface area contributed by atoms with E-state index in [0.717, 1.165) is 38.2 Å². The van der Waals surface area contributed by atoms with E-state index >= 15 is 0 Å². The fourth-order valence-electron chi connectivity index (χ4n) is 3.87. The number of hydrogen-bond acceptors (Lipinski definition) is 3. The lowest BCUT2D eigenvalue weighted by atomic mass is 9.70. The van der Waals surface area contributed by atoms with Crippen LogP contribution in [0.15, 0.2) is 0 Å². The lowest BCUT2D eigenvalue weighted by molar-refractivity contribution is -0.0617. The van der Waals surface area contributed by atoms with E-state index in [4.69, 9.17) is 4.74 Å². The summed E-state index contributed by atoms with van der Waals surface area (Å²) in [5, 5.41) is 3.23. The predicted octanol–water partition coefficient (Wildman–Crippen LogP) is 2.12. The van der Waals surface area contributed by atoms with Gasteiger partial charge in [0.15, 0.2) is 0 Å². The molecule has 1 aliphatic carbocycles. The van der Waals surface area contributed by atoms with Crippen molar-refractivity contribution in [3.8, 4) is 0 Å². The molecule has 2 aliphatic rings. The first-order chi connectivity index (χ1) is 8.52. The van der Waals surface area contributed by atoms with Crippen molar-refractivity contribution < 1.29 is 4.74 Å². The smallest absolute Gasteiger partial charge is 0.0826 e. The average Bonchev–Trinajstić information content (AvgIpc) is 2.28. The van der Waals surface area contributed by atoms with Crippen LogP contribution in [0.3, 0.4) is 0 Å². The third kappa shape index (κ3) is 3.46. The number of morpholine rings is 1. The number of likely N-dealkylation sites (N-methyl/N-ethyl adjacent to an activating group) is 1. The lowest BCUT2D eigenvalue weighted by Crippen LogP contribution is -2.53. The van der Waals surface area contributed by atoms with Crippen LogP contribution >= 0.6 is 0 Å². The maximum absolute atomic E-state index is 5.81. The van der Waals surface area contributed by atoms with Gasteiger partial charge >= 0.3 is 0 Å². The summed E-state index contributed by atoms with van der Waals surface area (Å²) in [6.45, 7) is 11.4. The van der Waals surface area contributed by atoms with Gasteiger partial charge < -0.3 is 10.1 Å². The van der Waals surface area contributed by atoms with Crippen LogP contribution in [0.25, 0.3) is 0 Å². The molecule has 3 nitrogen and oxygen atoms in total. The van der Waals surface area contributed by atoms with E-state index in [-0.39, 0.29) is 0 Å². The van der Waals surface area contributed by atoms with Crippen molar-refractivity contribution in [3.05, 3.63) is 0 Å². The second kappa shape index (κ2) is 5.89. The molecule has 3 heteroatoms. The number of ether oxygens (including phenoxy) is 1. The third-order valence-corrected chi connectivity index (χ3v) is 4.72. The number of rotatable bonds is 3. The van der Waals surface area contributed by atoms with Gasteiger partial charge in [-0.25, -0.2) is 0 Å². The van der Waals surface area contributed by atoms with Crippen LogP contribution in [0.2, 0.25) is 0 Å². The molecule has 0 aromatic rings. The van der Waals surface area contributed by atoms with Crippen LogP contribution in [0, 0.1) is 11.3 Å². The molecule has 1 saturated heterocycles. The molecular formula is C15H30N2O. The van der Waals surface area contributed by atoms with Crippen LogP contribution in [0.5, 0.6) is 0 Å². The zero-order chi connectivity index (χ0) is 13.2. The maximum Gasteiger partial charge on any atom is 0.0826 e. The average molecular weight is 254 g/mol. The molecule has 18 heavy (non-hydrogen) atoms. The SMILES string of the molecule is CNCC1CN(C2CCC(C)(C)CC2C)CCO1. The third-order valence-electron chi connectivity index (χ3n) is 4.72. The first kappa shape index (κ1) is 14.3. The Hall–Kier alpha value is -0.120. The second-order valence-electron chi connectivity index (χ2n) is 7.00. The van der Waals surface area contributed by atoms with Gasteiger partial charge in [0.25, 0.3) is 0 Å². The Morgan fingerprint density at radius 3 is 2.83 bits per heavy atom. The number of hydrogen-bond donors (Lipinski definition) is 1. The van der Waals surface area contributed by atoms with Crippen LogP contribution in [0.4, 0.5) is 0 Å². The fourth-order valence-corrected chi connectivity index (χ4v) is 3.87. The molecule has 0 amide bonds. The Morgan fingerprint density at radius 2 is 2.17 bits per heavy atom. The molecule has 0 aromatic heterocycles. The van der Waals surface area contributed by atoms with Crippen molar-refractivity contribution in [2.45, 2.75) is 52.2 Å². The summed E-state index contributed by atoms with van der Waals surface area (Å²) in [6, 6.07) is 0.779. The zero-order valence-corrected chi connectivity index (χ0v) is 12.5. The van der Waals surface area contributed by atoms with Gasteiger partial charge in [0.05, 0.1) is 12.7 Å². The van der Waals surface area contributed by atoms with Gasteiger partial charge in [-0.05, 0) is 37.6 Å². The molecule has 1 heterocycles. The summed E-state index contributed by atoms with van der Waals surface area (Å²) < 4.78 is 5.81. The molecule has 1 aliphatic heterocycles. The fraction of sp³-hybridized carbons (Fsp3) is 1.00. The highest BCUT2D eigenvalue weighted by Gasteiger charge is 2.36. The van der Waals surface area contributed by atoms with Gasteiger partial charge in [-0.15, -0.1) is 0 Å². The molecule has 3 unspecified atom stereocenters. The van der Waals surface area contributed by atoms with Crippen molar-refractivity contribution in [1.82, 2.24) is 10.2 Å². The highest BCUT2D eigenvalue weighted by atomic mass is 16.5. The quantitative estimate of drug-likeness (QED) is 0.835. The first-order valence-corrected chi connectivity index (χ1v) is 7.52. The van der Waals surface area contributed by atoms with Gasteiger partial charge in [-0.3, -0.25) is 4.90 Å². The first-order valence-electron chi connectivity index (χ1n) is 7.52. The Kier molecular flexibility index (Phi) is 4.68. The summed E-state index contributed by atoms with van der Waals surface area (Å²) in [7, 11) is 2.01. The van der Waals surface area contributed by atoms with Gasteiger partial charge in [0.1, 0.15) is 0 Å². The van der Waals surface area contributed by atoms with Crippen molar-refractivity contribution in [3.63, 3.8) is 0 Å². The highest BCUT2D eigenvalue weighted by molar-refractivity contribution is 4.90. The van der Waals surface area contributed by atoms with Gasteiger partial charge in [-0.1, -0.05) is 20.8 Å². The summed E-state index contributed by atoms with van der Waals surface area (Å²) in [5.41, 5.74) is 0.548. The molecule has 0 spiro atoms. The van der Waals surface area contributed by atoms with E-state index in [0.29, 0.717) is 11.5 Å². The minimum Gasteiger partial charge on any atom is -0.374 e. The zero-order valence-electron chi connectivity index (χ0n) is 12.5. The predicted molar refractivity (Wildman–Crippen MR) is 75.8 cm³/mol. The number of nitrogens with zero attached hydrogens (tertiary/aromatic N) is 1. The molecule has 0 bridgehead atoms. The van der Waals surface area contributed by atoms with E-state index in [2.05, 4.69) is 31.0 Å². The van der Waals surface area contributed by atoms with Gasteiger partial charge in [-0.2, -0.15) is 0 Å². The van der Waals surface area contributed by atoms with Crippen molar-refractivity contribution in [2.75, 3.05) is 33.3 Å². The molecule has 3 atom stereocenters. The second-order valence-corrected chi connectivity index (χ2v) is 7.00. The maximum atomic E-state index is 5.81. The lowest BCUT2D eigenvalue weighted by Gasteiger charge is -2.46. The van der Waals surface area contributed by atoms with Crippen LogP contribution in [-0.4, -0.2) is 50.3 Å². The summed E-state index contributed by atoms with van der Waals surface area (Å²) >= 11 is 0. The van der Waals surface area contributed by atoms with Crippen LogP contribution < -0.4 is 5.32 Å². The largest absolute Gasteiger partial charge is 0.374 e. The van der Waals surface area contributed by atoms with Crippen LogP contribution in [-0.2, 0) is 4.74 Å². The van der Waals surface area contributed by atoms with E-state index in [1.54, 1.807) is 0 Å². The van der Waals surface area contributed by atoms with Crippen LogP contribution in [0.1, 0.15) is 40.0 Å². The molecule has 2 fully saturated rings. The topological polar surface area (TPSA) is 24.5 Å².